The molecule has 372 valence electrons. The molecular weight excluding hydrogens is 817 g/mol. The van der Waals surface area contributed by atoms with Gasteiger partial charge in [0.25, 0.3) is 0 Å². The maximum atomic E-state index is 12.8. The molecular formula is C60H96O6. The Balaban J connectivity index is 4.58. The summed E-state index contributed by atoms with van der Waals surface area (Å²) < 4.78 is 16.7. The van der Waals surface area contributed by atoms with E-state index in [0.29, 0.717) is 19.3 Å². The third-order valence-electron chi connectivity index (χ3n) is 10.8. The van der Waals surface area contributed by atoms with Gasteiger partial charge < -0.3 is 14.2 Å². The van der Waals surface area contributed by atoms with Crippen molar-refractivity contribution in [2.45, 2.75) is 226 Å². The normalized spacial score (nSPS) is 13.1. The predicted octanol–water partition coefficient (Wildman–Crippen LogP) is 17.7. The molecule has 0 bridgehead atoms. The van der Waals surface area contributed by atoms with Crippen LogP contribution in [-0.2, 0) is 28.6 Å². The number of unbranched alkanes of at least 4 members (excludes halogenated alkanes) is 19. The van der Waals surface area contributed by atoms with Gasteiger partial charge >= 0.3 is 17.9 Å². The number of esters is 3. The lowest BCUT2D eigenvalue weighted by Crippen LogP contribution is -2.30. The largest absolute Gasteiger partial charge is 0.462 e. The highest BCUT2D eigenvalue weighted by Crippen LogP contribution is 2.12. The summed E-state index contributed by atoms with van der Waals surface area (Å²) in [6.07, 6.45) is 73.3. The van der Waals surface area contributed by atoms with Gasteiger partial charge in [-0.25, -0.2) is 0 Å². The molecule has 0 radical (unpaired) electrons. The Hall–Kier alpha value is -4.19. The Morgan fingerprint density at radius 1 is 0.333 bits per heavy atom. The Kier molecular flexibility index (Phi) is 50.0. The Morgan fingerprint density at radius 3 is 1.18 bits per heavy atom. The fraction of sp³-hybridized carbons (Fsp3) is 0.617. The number of ether oxygens (including phenoxy) is 3. The molecule has 1 atom stereocenters. The van der Waals surface area contributed by atoms with Crippen molar-refractivity contribution in [1.29, 1.82) is 0 Å². The molecule has 0 aromatic heterocycles. The molecule has 0 aromatic rings. The molecule has 0 aromatic carbocycles. The van der Waals surface area contributed by atoms with Crippen LogP contribution in [0.15, 0.2) is 122 Å². The number of carbonyl (C=O) groups excluding carboxylic acids is 3. The maximum absolute atomic E-state index is 12.8. The first kappa shape index (κ1) is 61.8. The molecule has 0 saturated carbocycles. The van der Waals surface area contributed by atoms with Crippen LogP contribution in [0.25, 0.3) is 0 Å². The van der Waals surface area contributed by atoms with E-state index in [0.717, 1.165) is 96.3 Å². The lowest BCUT2D eigenvalue weighted by molar-refractivity contribution is -0.167. The van der Waals surface area contributed by atoms with E-state index in [1.54, 1.807) is 0 Å². The van der Waals surface area contributed by atoms with Crippen LogP contribution in [0.1, 0.15) is 220 Å². The molecule has 0 fully saturated rings. The SMILES string of the molecule is CC\C=C/C=C\C=C/C=C\CCCCCCCC(=O)OCC(COC(=O)CCC/C=C\C/C=C\C/C=C\C/C=C\CCCCC)OC(=O)CCCCC/C=C\C=C/CCCCCCCCC. The minimum Gasteiger partial charge on any atom is -0.462 e. The summed E-state index contributed by atoms with van der Waals surface area (Å²) in [6, 6.07) is 0. The van der Waals surface area contributed by atoms with E-state index in [4.69, 9.17) is 14.2 Å². The molecule has 0 heterocycles. The molecule has 0 spiro atoms. The highest BCUT2D eigenvalue weighted by Gasteiger charge is 2.19. The molecule has 0 aliphatic carbocycles. The van der Waals surface area contributed by atoms with E-state index in [1.165, 1.54) is 70.6 Å². The quantitative estimate of drug-likeness (QED) is 0.0199. The minimum atomic E-state index is -0.827. The molecule has 0 saturated heterocycles. The van der Waals surface area contributed by atoms with Gasteiger partial charge in [0.2, 0.25) is 0 Å². The van der Waals surface area contributed by atoms with Crippen molar-refractivity contribution in [3.8, 4) is 0 Å². The monoisotopic (exact) mass is 913 g/mol. The number of rotatable bonds is 46. The number of hydrogen-bond acceptors (Lipinski definition) is 6. The van der Waals surface area contributed by atoms with E-state index in [9.17, 15) is 14.4 Å². The summed E-state index contributed by atoms with van der Waals surface area (Å²) in [5.41, 5.74) is 0. The third-order valence-corrected chi connectivity index (χ3v) is 10.8. The van der Waals surface area contributed by atoms with Crippen LogP contribution in [0.5, 0.6) is 0 Å². The molecule has 1 unspecified atom stereocenters. The van der Waals surface area contributed by atoms with Gasteiger partial charge in [-0.1, -0.05) is 219 Å². The smallest absolute Gasteiger partial charge is 0.306 e. The van der Waals surface area contributed by atoms with Crippen LogP contribution < -0.4 is 0 Å². The highest BCUT2D eigenvalue weighted by molar-refractivity contribution is 5.71. The molecule has 0 aliphatic rings. The summed E-state index contributed by atoms with van der Waals surface area (Å²) in [5.74, 6) is -1.03. The first-order chi connectivity index (χ1) is 32.5. The van der Waals surface area contributed by atoms with E-state index in [2.05, 4.69) is 118 Å². The summed E-state index contributed by atoms with van der Waals surface area (Å²) in [5, 5.41) is 0. The average molecular weight is 913 g/mol. The molecule has 6 heteroatoms. The number of allylic oxidation sites excluding steroid dienone is 20. The third kappa shape index (κ3) is 50.8. The molecule has 0 amide bonds. The van der Waals surface area contributed by atoms with Crippen molar-refractivity contribution < 1.29 is 28.6 Å². The first-order valence-electron chi connectivity index (χ1n) is 26.6. The topological polar surface area (TPSA) is 78.9 Å². The number of hydrogen-bond donors (Lipinski definition) is 0. The predicted molar refractivity (Wildman–Crippen MR) is 283 cm³/mol. The molecule has 0 rings (SSSR count). The van der Waals surface area contributed by atoms with Crippen molar-refractivity contribution >= 4 is 17.9 Å². The van der Waals surface area contributed by atoms with Gasteiger partial charge in [0.1, 0.15) is 13.2 Å². The minimum absolute atomic E-state index is 0.122. The maximum Gasteiger partial charge on any atom is 0.306 e. The zero-order valence-electron chi connectivity index (χ0n) is 42.4. The van der Waals surface area contributed by atoms with Crippen molar-refractivity contribution in [2.75, 3.05) is 13.2 Å². The van der Waals surface area contributed by atoms with Gasteiger partial charge in [-0.05, 0) is 103 Å². The zero-order valence-corrected chi connectivity index (χ0v) is 42.4. The van der Waals surface area contributed by atoms with E-state index in [-0.39, 0.29) is 44.0 Å². The second-order valence-corrected chi connectivity index (χ2v) is 17.2. The zero-order chi connectivity index (χ0) is 47.9. The lowest BCUT2D eigenvalue weighted by Gasteiger charge is -2.18. The van der Waals surface area contributed by atoms with Gasteiger partial charge in [0.15, 0.2) is 6.10 Å². The van der Waals surface area contributed by atoms with Gasteiger partial charge in [-0.2, -0.15) is 0 Å². The van der Waals surface area contributed by atoms with Crippen molar-refractivity contribution in [1.82, 2.24) is 0 Å². The Morgan fingerprint density at radius 2 is 0.667 bits per heavy atom. The fourth-order valence-electron chi connectivity index (χ4n) is 6.79. The second kappa shape index (κ2) is 53.4. The summed E-state index contributed by atoms with van der Waals surface area (Å²) in [7, 11) is 0. The van der Waals surface area contributed by atoms with Crippen LogP contribution in [0.3, 0.4) is 0 Å². The van der Waals surface area contributed by atoms with Crippen LogP contribution in [-0.4, -0.2) is 37.2 Å². The second-order valence-electron chi connectivity index (χ2n) is 17.2. The van der Waals surface area contributed by atoms with Gasteiger partial charge in [0.05, 0.1) is 0 Å². The number of carbonyl (C=O) groups is 3. The highest BCUT2D eigenvalue weighted by atomic mass is 16.6. The molecule has 0 N–H and O–H groups in total. The van der Waals surface area contributed by atoms with Crippen LogP contribution in [0.4, 0.5) is 0 Å². The molecule has 6 nitrogen and oxygen atoms in total. The van der Waals surface area contributed by atoms with Gasteiger partial charge in [0, 0.05) is 19.3 Å². The van der Waals surface area contributed by atoms with E-state index in [1.807, 2.05) is 24.3 Å². The Bertz CT molecular complexity index is 1420. The van der Waals surface area contributed by atoms with Crippen molar-refractivity contribution in [3.63, 3.8) is 0 Å². The summed E-state index contributed by atoms with van der Waals surface area (Å²) >= 11 is 0. The lowest BCUT2D eigenvalue weighted by atomic mass is 10.1. The standard InChI is InChI=1S/C60H96O6/c1-4-7-10-13-16-19-22-25-28-30-33-35-38-41-44-47-50-53-59(62)65-56-57(55-64-58(61)52-49-46-43-40-37-34-31-27-24-21-18-15-12-9-6-3)66-60(63)54-51-48-45-42-39-36-32-29-26-23-20-17-14-11-8-5-2/h9,12,15-16,18-19,21,24-25,27-29,31-33,35-36,39,41,44,57H,4-8,10-11,13-14,17,20,22-23,26,30,34,37-38,40,42-43,45-56H2,1-3H3/b12-9-,18-15-,19-16-,24-21-,28-25-,31-27-,32-29-,35-33-,39-36-,44-41-. The van der Waals surface area contributed by atoms with Crippen LogP contribution in [0, 0.1) is 0 Å². The van der Waals surface area contributed by atoms with Crippen LogP contribution >= 0.6 is 0 Å². The first-order valence-corrected chi connectivity index (χ1v) is 26.6. The van der Waals surface area contributed by atoms with Gasteiger partial charge in [-0.3, -0.25) is 14.4 Å². The summed E-state index contributed by atoms with van der Waals surface area (Å²) in [4.78, 5) is 38.0. The Labute approximate surface area is 405 Å². The van der Waals surface area contributed by atoms with Gasteiger partial charge in [-0.15, -0.1) is 0 Å². The summed E-state index contributed by atoms with van der Waals surface area (Å²) in [6.45, 7) is 6.36. The van der Waals surface area contributed by atoms with Crippen molar-refractivity contribution in [3.05, 3.63) is 122 Å². The van der Waals surface area contributed by atoms with E-state index >= 15 is 0 Å². The van der Waals surface area contributed by atoms with E-state index < -0.39 is 6.10 Å². The molecule has 66 heavy (non-hydrogen) atoms. The molecule has 0 aliphatic heterocycles. The fourth-order valence-corrected chi connectivity index (χ4v) is 6.79. The van der Waals surface area contributed by atoms with Crippen LogP contribution in [0.2, 0.25) is 0 Å². The average Bonchev–Trinajstić information content (AvgIpc) is 3.31. The van der Waals surface area contributed by atoms with Crippen molar-refractivity contribution in [2.24, 2.45) is 0 Å².